The van der Waals surface area contributed by atoms with Crippen molar-refractivity contribution in [3.63, 3.8) is 0 Å². The fourth-order valence-electron chi connectivity index (χ4n) is 2.04. The molecule has 3 amide bonds. The molecule has 136 valence electrons. The first-order chi connectivity index (χ1) is 11.8. The van der Waals surface area contributed by atoms with Crippen LogP contribution in [0.2, 0.25) is 0 Å². The zero-order chi connectivity index (χ0) is 18.8. The van der Waals surface area contributed by atoms with E-state index in [2.05, 4.69) is 10.6 Å². The SMILES string of the molecule is CNC(=O)CN(C)C(=O)COC(=O)C[C@@H](NC(C)=O)c1ccccc1. The van der Waals surface area contributed by atoms with Crippen molar-refractivity contribution >= 4 is 23.7 Å². The van der Waals surface area contributed by atoms with Gasteiger partial charge in [-0.05, 0) is 5.56 Å². The molecular weight excluding hydrogens is 326 g/mol. The van der Waals surface area contributed by atoms with Gasteiger partial charge in [-0.3, -0.25) is 19.2 Å². The van der Waals surface area contributed by atoms with Gasteiger partial charge in [0.1, 0.15) is 0 Å². The highest BCUT2D eigenvalue weighted by atomic mass is 16.5. The van der Waals surface area contributed by atoms with Crippen LogP contribution >= 0.6 is 0 Å². The number of nitrogens with one attached hydrogen (secondary N) is 2. The van der Waals surface area contributed by atoms with E-state index in [4.69, 9.17) is 4.74 Å². The summed E-state index contributed by atoms with van der Waals surface area (Å²) in [5.74, 6) is -1.71. The Bertz CT molecular complexity index is 618. The molecule has 0 radical (unpaired) electrons. The summed E-state index contributed by atoms with van der Waals surface area (Å²) < 4.78 is 4.96. The van der Waals surface area contributed by atoms with Crippen molar-refractivity contribution in [1.29, 1.82) is 0 Å². The quantitative estimate of drug-likeness (QED) is 0.643. The molecule has 0 aliphatic carbocycles. The number of benzene rings is 1. The van der Waals surface area contributed by atoms with Crippen molar-refractivity contribution in [2.45, 2.75) is 19.4 Å². The predicted molar refractivity (Wildman–Crippen MR) is 90.3 cm³/mol. The van der Waals surface area contributed by atoms with E-state index in [9.17, 15) is 19.2 Å². The molecule has 0 aliphatic rings. The number of amides is 3. The first kappa shape index (κ1) is 20.1. The second-order valence-corrected chi connectivity index (χ2v) is 5.45. The lowest BCUT2D eigenvalue weighted by atomic mass is 10.0. The fourth-order valence-corrected chi connectivity index (χ4v) is 2.04. The Labute approximate surface area is 146 Å². The van der Waals surface area contributed by atoms with Gasteiger partial charge in [0.15, 0.2) is 6.61 Å². The summed E-state index contributed by atoms with van der Waals surface area (Å²) in [6.07, 6.45) is -0.101. The van der Waals surface area contributed by atoms with Gasteiger partial charge in [-0.2, -0.15) is 0 Å². The van der Waals surface area contributed by atoms with Crippen LogP contribution in [0.3, 0.4) is 0 Å². The lowest BCUT2D eigenvalue weighted by Gasteiger charge is -2.19. The third kappa shape index (κ3) is 7.47. The lowest BCUT2D eigenvalue weighted by molar-refractivity contribution is -0.152. The number of esters is 1. The molecule has 0 saturated heterocycles. The number of carbonyl (C=O) groups excluding carboxylic acids is 4. The second kappa shape index (κ2) is 10.1. The minimum atomic E-state index is -0.621. The van der Waals surface area contributed by atoms with Crippen LogP contribution in [0.1, 0.15) is 24.9 Å². The predicted octanol–water partition coefficient (Wildman–Crippen LogP) is 0.00150. The summed E-state index contributed by atoms with van der Waals surface area (Å²) in [6.45, 7) is 0.776. The molecule has 1 aromatic rings. The zero-order valence-corrected chi connectivity index (χ0v) is 14.6. The maximum Gasteiger partial charge on any atom is 0.308 e. The number of likely N-dealkylation sites (N-methyl/N-ethyl adjacent to an activating group) is 2. The molecule has 0 bridgehead atoms. The summed E-state index contributed by atoms with van der Waals surface area (Å²) in [7, 11) is 2.90. The van der Waals surface area contributed by atoms with Crippen LogP contribution in [0.15, 0.2) is 30.3 Å². The first-order valence-electron chi connectivity index (χ1n) is 7.75. The molecule has 1 rings (SSSR count). The highest BCUT2D eigenvalue weighted by molar-refractivity contribution is 5.86. The third-order valence-corrected chi connectivity index (χ3v) is 3.39. The molecule has 0 spiro atoms. The van der Waals surface area contributed by atoms with Gasteiger partial charge >= 0.3 is 5.97 Å². The number of carbonyl (C=O) groups is 4. The van der Waals surface area contributed by atoms with Crippen molar-refractivity contribution in [3.8, 4) is 0 Å². The normalized spacial score (nSPS) is 11.2. The number of hydrogen-bond donors (Lipinski definition) is 2. The van der Waals surface area contributed by atoms with Gasteiger partial charge in [-0.1, -0.05) is 30.3 Å². The lowest BCUT2D eigenvalue weighted by Crippen LogP contribution is -2.39. The van der Waals surface area contributed by atoms with Crippen LogP contribution in [-0.2, 0) is 23.9 Å². The van der Waals surface area contributed by atoms with E-state index in [1.165, 1.54) is 21.0 Å². The molecule has 0 fully saturated rings. The van der Waals surface area contributed by atoms with Gasteiger partial charge in [0.05, 0.1) is 19.0 Å². The molecule has 2 N–H and O–H groups in total. The Morgan fingerprint density at radius 2 is 1.80 bits per heavy atom. The third-order valence-electron chi connectivity index (χ3n) is 3.39. The van der Waals surface area contributed by atoms with Crippen molar-refractivity contribution in [2.75, 3.05) is 27.2 Å². The van der Waals surface area contributed by atoms with E-state index in [1.54, 1.807) is 24.3 Å². The molecule has 0 saturated carbocycles. The summed E-state index contributed by atoms with van der Waals surface area (Å²) >= 11 is 0. The van der Waals surface area contributed by atoms with Gasteiger partial charge in [0.25, 0.3) is 5.91 Å². The van der Waals surface area contributed by atoms with Crippen LogP contribution in [0.4, 0.5) is 0 Å². The monoisotopic (exact) mass is 349 g/mol. The molecule has 25 heavy (non-hydrogen) atoms. The van der Waals surface area contributed by atoms with Gasteiger partial charge in [-0.15, -0.1) is 0 Å². The van der Waals surface area contributed by atoms with Crippen molar-refractivity contribution < 1.29 is 23.9 Å². The van der Waals surface area contributed by atoms with Crippen molar-refractivity contribution in [1.82, 2.24) is 15.5 Å². The largest absolute Gasteiger partial charge is 0.455 e. The maximum atomic E-state index is 12.0. The number of ether oxygens (including phenoxy) is 1. The fraction of sp³-hybridized carbons (Fsp3) is 0.412. The van der Waals surface area contributed by atoms with Crippen LogP contribution in [0.5, 0.6) is 0 Å². The average Bonchev–Trinajstić information content (AvgIpc) is 2.59. The topological polar surface area (TPSA) is 105 Å². The van der Waals surface area contributed by atoms with Gasteiger partial charge in [0.2, 0.25) is 11.8 Å². The van der Waals surface area contributed by atoms with E-state index in [0.29, 0.717) is 0 Å². The summed E-state index contributed by atoms with van der Waals surface area (Å²) in [5.41, 5.74) is 0.762. The first-order valence-corrected chi connectivity index (χ1v) is 7.75. The van der Waals surface area contributed by atoms with Gasteiger partial charge < -0.3 is 20.3 Å². The van der Waals surface area contributed by atoms with Crippen molar-refractivity contribution in [3.05, 3.63) is 35.9 Å². The molecule has 0 heterocycles. The highest BCUT2D eigenvalue weighted by Crippen LogP contribution is 2.17. The molecule has 1 aromatic carbocycles. The van der Waals surface area contributed by atoms with Crippen LogP contribution in [0, 0.1) is 0 Å². The highest BCUT2D eigenvalue weighted by Gasteiger charge is 2.20. The minimum absolute atomic E-state index is 0.101. The van der Waals surface area contributed by atoms with E-state index in [1.807, 2.05) is 6.07 Å². The van der Waals surface area contributed by atoms with Crippen molar-refractivity contribution in [2.24, 2.45) is 0 Å². The van der Waals surface area contributed by atoms with Crippen LogP contribution in [0.25, 0.3) is 0 Å². The zero-order valence-electron chi connectivity index (χ0n) is 14.6. The summed E-state index contributed by atoms with van der Waals surface area (Å²) in [4.78, 5) is 47.5. The van der Waals surface area contributed by atoms with E-state index in [0.717, 1.165) is 10.5 Å². The Morgan fingerprint density at radius 3 is 2.36 bits per heavy atom. The number of rotatable bonds is 8. The van der Waals surface area contributed by atoms with E-state index >= 15 is 0 Å². The summed E-state index contributed by atoms with van der Waals surface area (Å²) in [6, 6.07) is 8.46. The van der Waals surface area contributed by atoms with Gasteiger partial charge in [0, 0.05) is 21.0 Å². The maximum absolute atomic E-state index is 12.0. The van der Waals surface area contributed by atoms with Crippen LogP contribution < -0.4 is 10.6 Å². The molecule has 0 unspecified atom stereocenters. The molecular formula is C17H23N3O5. The smallest absolute Gasteiger partial charge is 0.308 e. The Balaban J connectivity index is 2.56. The van der Waals surface area contributed by atoms with Gasteiger partial charge in [-0.25, -0.2) is 0 Å². The standard InChI is InChI=1S/C17H23N3O5/c1-12(21)19-14(13-7-5-4-6-8-13)9-17(24)25-11-16(23)20(3)10-15(22)18-2/h4-8,14H,9-11H2,1-3H3,(H,18,22)(H,19,21)/t14-/m1/s1. The molecule has 1 atom stereocenters. The Hall–Kier alpha value is -2.90. The average molecular weight is 349 g/mol. The Morgan fingerprint density at radius 1 is 1.16 bits per heavy atom. The van der Waals surface area contributed by atoms with E-state index in [-0.39, 0.29) is 24.8 Å². The minimum Gasteiger partial charge on any atom is -0.455 e. The molecule has 0 aromatic heterocycles. The summed E-state index contributed by atoms with van der Waals surface area (Å²) in [5, 5.41) is 5.08. The number of hydrogen-bond acceptors (Lipinski definition) is 5. The molecule has 8 nitrogen and oxygen atoms in total. The number of nitrogens with zero attached hydrogens (tertiary/aromatic N) is 1. The molecule has 0 aliphatic heterocycles. The van der Waals surface area contributed by atoms with E-state index < -0.39 is 24.5 Å². The molecule has 8 heteroatoms. The second-order valence-electron chi connectivity index (χ2n) is 5.45. The Kier molecular flexibility index (Phi) is 8.11. The van der Waals surface area contributed by atoms with Crippen LogP contribution in [-0.4, -0.2) is 55.8 Å².